The quantitative estimate of drug-likeness (QED) is 0.797. The lowest BCUT2D eigenvalue weighted by atomic mass is 10.1. The first-order valence-corrected chi connectivity index (χ1v) is 7.14. The molecule has 4 heteroatoms. The maximum absolute atomic E-state index is 9.29. The second-order valence-corrected chi connectivity index (χ2v) is 5.40. The second kappa shape index (κ2) is 5.82. The predicted octanol–water partition coefficient (Wildman–Crippen LogP) is 3.73. The third-order valence-electron chi connectivity index (χ3n) is 3.61. The number of anilines is 1. The van der Waals surface area contributed by atoms with Gasteiger partial charge in [-0.2, -0.15) is 5.26 Å². The minimum atomic E-state index is 0.324. The van der Waals surface area contributed by atoms with Crippen LogP contribution in [0.5, 0.6) is 0 Å². The summed E-state index contributed by atoms with van der Waals surface area (Å²) in [6, 6.07) is 16.4. The summed E-state index contributed by atoms with van der Waals surface area (Å²) in [6.45, 7) is 4.73. The Kier molecular flexibility index (Phi) is 3.71. The van der Waals surface area contributed by atoms with E-state index >= 15 is 0 Å². The van der Waals surface area contributed by atoms with Crippen LogP contribution in [0.4, 0.5) is 5.69 Å². The van der Waals surface area contributed by atoms with Crippen LogP contribution in [-0.4, -0.2) is 10.2 Å². The largest absolute Gasteiger partial charge is 0.378 e. The Bertz CT molecular complexity index is 861. The molecule has 0 aliphatic heterocycles. The van der Waals surface area contributed by atoms with Crippen LogP contribution in [-0.2, 0) is 6.54 Å². The molecule has 0 bridgehead atoms. The summed E-state index contributed by atoms with van der Waals surface area (Å²) in [6.07, 6.45) is 0. The molecule has 0 atom stereocenters. The molecular weight excluding hydrogens is 272 g/mol. The Morgan fingerprint density at radius 3 is 2.45 bits per heavy atom. The summed E-state index contributed by atoms with van der Waals surface area (Å²) in [4.78, 5) is 0. The summed E-state index contributed by atoms with van der Waals surface area (Å²) in [7, 11) is 0. The van der Waals surface area contributed by atoms with Gasteiger partial charge in [-0.15, -0.1) is 10.2 Å². The van der Waals surface area contributed by atoms with Gasteiger partial charge in [0, 0.05) is 11.9 Å². The number of nitriles is 1. The highest BCUT2D eigenvalue weighted by atomic mass is 15.1. The second-order valence-electron chi connectivity index (χ2n) is 5.40. The van der Waals surface area contributed by atoms with Crippen molar-refractivity contribution in [3.63, 3.8) is 0 Å². The Hall–Kier alpha value is -2.93. The first-order valence-electron chi connectivity index (χ1n) is 7.14. The van der Waals surface area contributed by atoms with Crippen molar-refractivity contribution in [3.8, 4) is 6.07 Å². The Balaban J connectivity index is 1.99. The van der Waals surface area contributed by atoms with E-state index in [-0.39, 0.29) is 0 Å². The maximum atomic E-state index is 9.29. The molecule has 0 spiro atoms. The minimum Gasteiger partial charge on any atom is -0.378 e. The molecule has 0 aliphatic rings. The van der Waals surface area contributed by atoms with Gasteiger partial charge in [0.25, 0.3) is 0 Å². The fourth-order valence-electron chi connectivity index (χ4n) is 2.37. The Morgan fingerprint density at radius 2 is 1.73 bits per heavy atom. The molecule has 1 aromatic heterocycles. The summed E-state index contributed by atoms with van der Waals surface area (Å²) >= 11 is 0. The highest BCUT2D eigenvalue weighted by Crippen LogP contribution is 2.25. The number of nitrogens with one attached hydrogen (secondary N) is 1. The van der Waals surface area contributed by atoms with Gasteiger partial charge in [-0.1, -0.05) is 41.5 Å². The van der Waals surface area contributed by atoms with E-state index in [1.165, 1.54) is 5.56 Å². The van der Waals surface area contributed by atoms with Crippen LogP contribution >= 0.6 is 0 Å². The molecule has 0 radical (unpaired) electrons. The Labute approximate surface area is 129 Å². The fourth-order valence-corrected chi connectivity index (χ4v) is 2.37. The van der Waals surface area contributed by atoms with Crippen LogP contribution in [0.2, 0.25) is 0 Å². The van der Waals surface area contributed by atoms with E-state index in [2.05, 4.69) is 52.8 Å². The average Bonchev–Trinajstić information content (AvgIpc) is 2.54. The molecule has 1 N–H and O–H groups in total. The molecule has 4 nitrogen and oxygen atoms in total. The van der Waals surface area contributed by atoms with Gasteiger partial charge in [0.05, 0.1) is 11.2 Å². The smallest absolute Gasteiger partial charge is 0.186 e. The summed E-state index contributed by atoms with van der Waals surface area (Å²) in [5.74, 6) is 0. The molecule has 2 aromatic carbocycles. The first kappa shape index (κ1) is 14.0. The van der Waals surface area contributed by atoms with Crippen LogP contribution in [0.1, 0.15) is 22.4 Å². The van der Waals surface area contributed by atoms with Crippen molar-refractivity contribution in [2.24, 2.45) is 0 Å². The van der Waals surface area contributed by atoms with Gasteiger partial charge in [-0.05, 0) is 31.5 Å². The van der Waals surface area contributed by atoms with Gasteiger partial charge < -0.3 is 5.32 Å². The Morgan fingerprint density at radius 1 is 1.00 bits per heavy atom. The highest BCUT2D eigenvalue weighted by molar-refractivity contribution is 5.93. The molecule has 3 rings (SSSR count). The van der Waals surface area contributed by atoms with Gasteiger partial charge in [0.2, 0.25) is 0 Å². The van der Waals surface area contributed by atoms with Crippen molar-refractivity contribution in [2.45, 2.75) is 20.4 Å². The third kappa shape index (κ3) is 2.75. The molecule has 108 valence electrons. The van der Waals surface area contributed by atoms with Crippen molar-refractivity contribution in [3.05, 3.63) is 64.8 Å². The molecule has 0 aliphatic carbocycles. The van der Waals surface area contributed by atoms with Crippen LogP contribution < -0.4 is 5.32 Å². The van der Waals surface area contributed by atoms with E-state index < -0.39 is 0 Å². The lowest BCUT2D eigenvalue weighted by molar-refractivity contribution is 1.04. The number of rotatable bonds is 3. The number of hydrogen-bond donors (Lipinski definition) is 1. The normalized spacial score (nSPS) is 10.4. The van der Waals surface area contributed by atoms with Gasteiger partial charge in [-0.25, -0.2) is 0 Å². The molecule has 22 heavy (non-hydrogen) atoms. The molecule has 0 saturated heterocycles. The molecular formula is C18H16N4. The van der Waals surface area contributed by atoms with Gasteiger partial charge in [-0.3, -0.25) is 0 Å². The van der Waals surface area contributed by atoms with Gasteiger partial charge in [0.1, 0.15) is 6.07 Å². The van der Waals surface area contributed by atoms with Crippen molar-refractivity contribution in [1.82, 2.24) is 10.2 Å². The van der Waals surface area contributed by atoms with E-state index in [1.54, 1.807) is 0 Å². The van der Waals surface area contributed by atoms with E-state index in [9.17, 15) is 5.26 Å². The molecule has 0 unspecified atom stereocenters. The number of aryl methyl sites for hydroxylation is 2. The van der Waals surface area contributed by atoms with Crippen LogP contribution in [0.25, 0.3) is 10.9 Å². The van der Waals surface area contributed by atoms with E-state index in [0.717, 1.165) is 27.7 Å². The maximum Gasteiger partial charge on any atom is 0.186 e. The molecule has 0 amide bonds. The topological polar surface area (TPSA) is 61.6 Å². The van der Waals surface area contributed by atoms with Crippen molar-refractivity contribution in [2.75, 3.05) is 5.32 Å². The SMILES string of the molecule is Cc1ccc(CNc2c(C#N)nnc3ccc(C)cc23)cc1. The summed E-state index contributed by atoms with van der Waals surface area (Å²) < 4.78 is 0. The number of benzene rings is 2. The van der Waals surface area contributed by atoms with Crippen LogP contribution in [0, 0.1) is 25.2 Å². The third-order valence-corrected chi connectivity index (χ3v) is 3.61. The summed E-state index contributed by atoms with van der Waals surface area (Å²) in [5, 5.41) is 21.7. The monoisotopic (exact) mass is 288 g/mol. The van der Waals surface area contributed by atoms with Crippen molar-refractivity contribution in [1.29, 1.82) is 5.26 Å². The lowest BCUT2D eigenvalue weighted by Gasteiger charge is -2.11. The first-order chi connectivity index (χ1) is 10.7. The zero-order valence-corrected chi connectivity index (χ0v) is 12.6. The zero-order chi connectivity index (χ0) is 15.5. The highest BCUT2D eigenvalue weighted by Gasteiger charge is 2.10. The van der Waals surface area contributed by atoms with Gasteiger partial charge >= 0.3 is 0 Å². The zero-order valence-electron chi connectivity index (χ0n) is 12.6. The number of hydrogen-bond acceptors (Lipinski definition) is 4. The predicted molar refractivity (Wildman–Crippen MR) is 87.5 cm³/mol. The van der Waals surface area contributed by atoms with Crippen LogP contribution in [0.3, 0.4) is 0 Å². The van der Waals surface area contributed by atoms with Gasteiger partial charge in [0.15, 0.2) is 5.69 Å². The molecule has 0 saturated carbocycles. The number of aromatic nitrogens is 2. The van der Waals surface area contributed by atoms with Crippen LogP contribution in [0.15, 0.2) is 42.5 Å². The van der Waals surface area contributed by atoms with E-state index in [1.807, 2.05) is 25.1 Å². The molecule has 3 aromatic rings. The summed E-state index contributed by atoms with van der Waals surface area (Å²) in [5.41, 5.74) is 5.38. The number of fused-ring (bicyclic) bond motifs is 1. The van der Waals surface area contributed by atoms with E-state index in [0.29, 0.717) is 12.2 Å². The molecule has 0 fully saturated rings. The standard InChI is InChI=1S/C18H16N4/c1-12-3-6-14(7-4-12)11-20-18-15-9-13(2)5-8-16(15)21-22-17(18)10-19/h3-9H,11H2,1-2H3,(H,20,21). The molecule has 1 heterocycles. The lowest BCUT2D eigenvalue weighted by Crippen LogP contribution is -2.05. The van der Waals surface area contributed by atoms with E-state index in [4.69, 9.17) is 0 Å². The minimum absolute atomic E-state index is 0.324. The van der Waals surface area contributed by atoms with Crippen molar-refractivity contribution >= 4 is 16.6 Å². The number of nitrogens with zero attached hydrogens (tertiary/aromatic N) is 3. The fraction of sp³-hybridized carbons (Fsp3) is 0.167. The average molecular weight is 288 g/mol. The van der Waals surface area contributed by atoms with Crippen molar-refractivity contribution < 1.29 is 0 Å².